The van der Waals surface area contributed by atoms with Gasteiger partial charge >= 0.3 is 0 Å². The van der Waals surface area contributed by atoms with E-state index in [2.05, 4.69) is 5.32 Å². The summed E-state index contributed by atoms with van der Waals surface area (Å²) in [6.07, 6.45) is 5.50. The van der Waals surface area contributed by atoms with Gasteiger partial charge in [-0.2, -0.15) is 0 Å². The van der Waals surface area contributed by atoms with Crippen LogP contribution in [0.4, 0.5) is 5.69 Å². The van der Waals surface area contributed by atoms with E-state index in [0.717, 1.165) is 52.9 Å². The second kappa shape index (κ2) is 12.4. The lowest BCUT2D eigenvalue weighted by Gasteiger charge is -2.33. The van der Waals surface area contributed by atoms with Crippen molar-refractivity contribution in [3.05, 3.63) is 59.2 Å². The second-order valence-corrected chi connectivity index (χ2v) is 11.7. The minimum Gasteiger partial charge on any atom is -0.497 e. The van der Waals surface area contributed by atoms with Crippen molar-refractivity contribution in [1.29, 1.82) is 0 Å². The smallest absolute Gasteiger partial charge is 0.244 e. The highest BCUT2D eigenvalue weighted by atomic mass is 32.2. The molecule has 1 fully saturated rings. The summed E-state index contributed by atoms with van der Waals surface area (Å²) in [5.41, 5.74) is 3.16. The number of sulfonamides is 1. The normalized spacial score (nSPS) is 14.7. The van der Waals surface area contributed by atoms with Crippen LogP contribution in [0, 0.1) is 13.8 Å². The number of benzene rings is 2. The molecule has 0 aliphatic heterocycles. The first-order chi connectivity index (χ1) is 17.5. The Balaban J connectivity index is 1.94. The maximum absolute atomic E-state index is 13.8. The number of anilines is 1. The molecule has 2 amide bonds. The molecule has 9 heteroatoms. The van der Waals surface area contributed by atoms with Crippen LogP contribution < -0.4 is 14.4 Å². The number of carbonyl (C=O) groups is 2. The standard InChI is InChI=1S/C28H39N3O5S/c1-6-26(28(33)29-23-11-7-8-12-23)30(18-22-10-9-13-25(17-22)36-4)27(32)19-31(37(5,34)35)24-15-14-20(2)21(3)16-24/h9-10,13-17,23,26H,6-8,11-12,18-19H2,1-5H3,(H,29,33)/t26-/m0/s1. The van der Waals surface area contributed by atoms with Crippen molar-refractivity contribution >= 4 is 27.5 Å². The van der Waals surface area contributed by atoms with Gasteiger partial charge in [0.2, 0.25) is 21.8 Å². The van der Waals surface area contributed by atoms with Crippen LogP contribution in [0.25, 0.3) is 0 Å². The number of amides is 2. The van der Waals surface area contributed by atoms with Crippen LogP contribution in [0.2, 0.25) is 0 Å². The number of rotatable bonds is 11. The monoisotopic (exact) mass is 529 g/mol. The zero-order valence-electron chi connectivity index (χ0n) is 22.5. The van der Waals surface area contributed by atoms with E-state index in [-0.39, 0.29) is 18.5 Å². The molecule has 1 aliphatic rings. The Morgan fingerprint density at radius 1 is 1.08 bits per heavy atom. The lowest BCUT2D eigenvalue weighted by atomic mass is 10.1. The van der Waals surface area contributed by atoms with Gasteiger partial charge in [-0.1, -0.05) is 38.0 Å². The predicted molar refractivity (Wildman–Crippen MR) is 146 cm³/mol. The van der Waals surface area contributed by atoms with Gasteiger partial charge in [-0.05, 0) is 74.1 Å². The summed E-state index contributed by atoms with van der Waals surface area (Å²) in [4.78, 5) is 28.7. The minimum absolute atomic E-state index is 0.110. The van der Waals surface area contributed by atoms with Gasteiger partial charge < -0.3 is 15.0 Å². The molecule has 0 aromatic heterocycles. The zero-order chi connectivity index (χ0) is 27.2. The fourth-order valence-corrected chi connectivity index (χ4v) is 5.59. The van der Waals surface area contributed by atoms with Gasteiger partial charge in [0.15, 0.2) is 0 Å². The van der Waals surface area contributed by atoms with Gasteiger partial charge in [0.05, 0.1) is 19.1 Å². The summed E-state index contributed by atoms with van der Waals surface area (Å²) in [5.74, 6) is -0.0103. The quantitative estimate of drug-likeness (QED) is 0.476. The highest BCUT2D eigenvalue weighted by Gasteiger charge is 2.33. The maximum Gasteiger partial charge on any atom is 0.244 e. The molecule has 1 N–H and O–H groups in total. The molecule has 1 saturated carbocycles. The molecule has 0 heterocycles. The fourth-order valence-electron chi connectivity index (χ4n) is 4.75. The average Bonchev–Trinajstić information content (AvgIpc) is 3.36. The van der Waals surface area contributed by atoms with Crippen molar-refractivity contribution in [2.45, 2.75) is 71.5 Å². The van der Waals surface area contributed by atoms with Gasteiger partial charge in [0.25, 0.3) is 0 Å². The van der Waals surface area contributed by atoms with Gasteiger partial charge in [0.1, 0.15) is 18.3 Å². The first-order valence-corrected chi connectivity index (χ1v) is 14.7. The maximum atomic E-state index is 13.8. The minimum atomic E-state index is -3.77. The molecule has 37 heavy (non-hydrogen) atoms. The first kappa shape index (κ1) is 28.5. The highest BCUT2D eigenvalue weighted by molar-refractivity contribution is 7.92. The Kier molecular flexibility index (Phi) is 9.59. The van der Waals surface area contributed by atoms with E-state index in [9.17, 15) is 18.0 Å². The third-order valence-electron chi connectivity index (χ3n) is 7.03. The summed E-state index contributed by atoms with van der Waals surface area (Å²) in [6, 6.07) is 12.0. The predicted octanol–water partition coefficient (Wildman–Crippen LogP) is 3.94. The van der Waals surface area contributed by atoms with E-state index < -0.39 is 28.5 Å². The number of hydrogen-bond donors (Lipinski definition) is 1. The van der Waals surface area contributed by atoms with Gasteiger partial charge in [-0.15, -0.1) is 0 Å². The molecule has 2 aromatic rings. The topological polar surface area (TPSA) is 96.0 Å². The number of nitrogens with one attached hydrogen (secondary N) is 1. The van der Waals surface area contributed by atoms with E-state index in [4.69, 9.17) is 4.74 Å². The number of ether oxygens (including phenoxy) is 1. The average molecular weight is 530 g/mol. The van der Waals surface area contributed by atoms with Crippen molar-refractivity contribution in [2.24, 2.45) is 0 Å². The molecule has 0 radical (unpaired) electrons. The van der Waals surface area contributed by atoms with Gasteiger partial charge in [0, 0.05) is 12.6 Å². The molecule has 0 bridgehead atoms. The van der Waals surface area contributed by atoms with Crippen molar-refractivity contribution in [3.63, 3.8) is 0 Å². The van der Waals surface area contributed by atoms with Gasteiger partial charge in [-0.25, -0.2) is 8.42 Å². The summed E-state index contributed by atoms with van der Waals surface area (Å²) >= 11 is 0. The van der Waals surface area contributed by atoms with Crippen molar-refractivity contribution in [3.8, 4) is 5.75 Å². The van der Waals surface area contributed by atoms with Gasteiger partial charge in [-0.3, -0.25) is 13.9 Å². The van der Waals surface area contributed by atoms with E-state index in [1.54, 1.807) is 19.2 Å². The number of nitrogens with zero attached hydrogens (tertiary/aromatic N) is 2. The molecule has 8 nitrogen and oxygen atoms in total. The first-order valence-electron chi connectivity index (χ1n) is 12.8. The Morgan fingerprint density at radius 3 is 2.38 bits per heavy atom. The Hall–Kier alpha value is -3.07. The number of methoxy groups -OCH3 is 1. The Bertz CT molecular complexity index is 1210. The van der Waals surface area contributed by atoms with Crippen LogP contribution in [0.5, 0.6) is 5.75 Å². The van der Waals surface area contributed by atoms with Crippen LogP contribution >= 0.6 is 0 Å². The van der Waals surface area contributed by atoms with Crippen LogP contribution in [0.1, 0.15) is 55.7 Å². The molecule has 0 saturated heterocycles. The van der Waals surface area contributed by atoms with Crippen LogP contribution in [-0.2, 0) is 26.2 Å². The SMILES string of the molecule is CC[C@@H](C(=O)NC1CCCC1)N(Cc1cccc(OC)c1)C(=O)CN(c1ccc(C)c(C)c1)S(C)(=O)=O. The summed E-state index contributed by atoms with van der Waals surface area (Å²) in [6.45, 7) is 5.45. The lowest BCUT2D eigenvalue weighted by molar-refractivity contribution is -0.140. The molecule has 0 spiro atoms. The number of hydrogen-bond acceptors (Lipinski definition) is 5. The molecule has 1 atom stereocenters. The van der Waals surface area contributed by atoms with Crippen LogP contribution in [0.15, 0.2) is 42.5 Å². The third kappa shape index (κ3) is 7.47. The summed E-state index contributed by atoms with van der Waals surface area (Å²) in [7, 11) is -2.20. The summed E-state index contributed by atoms with van der Waals surface area (Å²) < 4.78 is 32.0. The second-order valence-electron chi connectivity index (χ2n) is 9.83. The number of carbonyl (C=O) groups excluding carboxylic acids is 2. The molecule has 202 valence electrons. The summed E-state index contributed by atoms with van der Waals surface area (Å²) in [5, 5.41) is 3.11. The fraction of sp³-hybridized carbons (Fsp3) is 0.500. The van der Waals surface area contributed by atoms with Crippen LogP contribution in [-0.4, -0.2) is 57.1 Å². The number of aryl methyl sites for hydroxylation is 2. The molecule has 2 aromatic carbocycles. The van der Waals surface area contributed by atoms with Crippen molar-refractivity contribution < 1.29 is 22.7 Å². The largest absolute Gasteiger partial charge is 0.497 e. The zero-order valence-corrected chi connectivity index (χ0v) is 23.3. The highest BCUT2D eigenvalue weighted by Crippen LogP contribution is 2.24. The van der Waals surface area contributed by atoms with E-state index in [1.165, 1.54) is 4.90 Å². The third-order valence-corrected chi connectivity index (χ3v) is 8.17. The molecule has 3 rings (SSSR count). The van der Waals surface area contributed by atoms with E-state index in [1.807, 2.05) is 51.1 Å². The Labute approximate surface area is 221 Å². The van der Waals surface area contributed by atoms with E-state index in [0.29, 0.717) is 17.9 Å². The molecular weight excluding hydrogens is 490 g/mol. The molecule has 1 aliphatic carbocycles. The Morgan fingerprint density at radius 2 is 1.78 bits per heavy atom. The van der Waals surface area contributed by atoms with Crippen LogP contribution in [0.3, 0.4) is 0 Å². The van der Waals surface area contributed by atoms with Crippen molar-refractivity contribution in [2.75, 3.05) is 24.2 Å². The van der Waals surface area contributed by atoms with Crippen molar-refractivity contribution in [1.82, 2.24) is 10.2 Å². The molecular formula is C28H39N3O5S. The lowest BCUT2D eigenvalue weighted by Crippen LogP contribution is -2.53. The molecule has 0 unspecified atom stereocenters. The van der Waals surface area contributed by atoms with E-state index >= 15 is 0 Å².